The van der Waals surface area contributed by atoms with Gasteiger partial charge in [-0.05, 0) is 66.3 Å². The molecule has 33 heavy (non-hydrogen) atoms. The first-order chi connectivity index (χ1) is 16.3. The van der Waals surface area contributed by atoms with Gasteiger partial charge in [-0.3, -0.25) is 9.78 Å². The summed E-state index contributed by atoms with van der Waals surface area (Å²) in [5.74, 6) is 1.25. The molecular weight excluding hydrogens is 426 g/mol. The van der Waals surface area contributed by atoms with Crippen LogP contribution in [0.5, 0.6) is 0 Å². The number of carbonyl (C=O) groups is 1. The summed E-state index contributed by atoms with van der Waals surface area (Å²) in [7, 11) is 0. The minimum absolute atomic E-state index is 0.129. The van der Waals surface area contributed by atoms with Crippen molar-refractivity contribution in [1.82, 2.24) is 9.97 Å². The first-order valence-electron chi connectivity index (χ1n) is 11.6. The summed E-state index contributed by atoms with van der Waals surface area (Å²) in [6.45, 7) is 0. The van der Waals surface area contributed by atoms with Gasteiger partial charge in [-0.2, -0.15) is 0 Å². The minimum Gasteiger partial charge on any atom is -0.322 e. The Kier molecular flexibility index (Phi) is 6.68. The standard InChI is InChI=1S/C28H27N3OS/c32-27(31-23-14-12-21(13-15-23)20-7-2-1-3-8-20)25-10-6-17-30-28(25)33-19-22-16-18-29-26-11-5-4-9-24(22)26/h4-6,9-18,20H,1-3,7-8,19H2,(H,31,32). The maximum atomic E-state index is 13.1. The van der Waals surface area contributed by atoms with Crippen molar-refractivity contribution in [2.24, 2.45) is 0 Å². The number of thioether (sulfide) groups is 1. The second-order valence-electron chi connectivity index (χ2n) is 8.54. The number of aromatic nitrogens is 2. The zero-order valence-corrected chi connectivity index (χ0v) is 19.4. The van der Waals surface area contributed by atoms with Crippen LogP contribution < -0.4 is 5.32 Å². The molecule has 0 unspecified atom stereocenters. The summed E-state index contributed by atoms with van der Waals surface area (Å²) in [6.07, 6.45) is 10.1. The Morgan fingerprint density at radius 3 is 2.55 bits per heavy atom. The van der Waals surface area contributed by atoms with Crippen LogP contribution in [0.15, 0.2) is 84.1 Å². The van der Waals surface area contributed by atoms with Crippen LogP contribution in [-0.4, -0.2) is 15.9 Å². The number of hydrogen-bond donors (Lipinski definition) is 1. The smallest absolute Gasteiger partial charge is 0.258 e. The molecule has 1 saturated carbocycles. The van der Waals surface area contributed by atoms with Crippen LogP contribution in [0.2, 0.25) is 0 Å². The zero-order valence-electron chi connectivity index (χ0n) is 18.5. The molecule has 2 heterocycles. The quantitative estimate of drug-likeness (QED) is 0.313. The average molecular weight is 454 g/mol. The largest absolute Gasteiger partial charge is 0.322 e. The van der Waals surface area contributed by atoms with Crippen LogP contribution in [-0.2, 0) is 5.75 Å². The van der Waals surface area contributed by atoms with Crippen molar-refractivity contribution in [2.45, 2.75) is 48.8 Å². The lowest BCUT2D eigenvalue weighted by Crippen LogP contribution is -2.14. The van der Waals surface area contributed by atoms with Crippen LogP contribution in [0.4, 0.5) is 5.69 Å². The molecule has 2 aromatic carbocycles. The van der Waals surface area contributed by atoms with Gasteiger partial charge >= 0.3 is 0 Å². The minimum atomic E-state index is -0.129. The van der Waals surface area contributed by atoms with Crippen LogP contribution >= 0.6 is 11.8 Å². The van der Waals surface area contributed by atoms with Crippen molar-refractivity contribution in [2.75, 3.05) is 5.32 Å². The Labute approximate surface area is 198 Å². The number of fused-ring (bicyclic) bond motifs is 1. The Morgan fingerprint density at radius 2 is 1.70 bits per heavy atom. The third-order valence-electron chi connectivity index (χ3n) is 6.36. The molecular formula is C28H27N3OS. The summed E-state index contributed by atoms with van der Waals surface area (Å²) >= 11 is 1.58. The van der Waals surface area contributed by atoms with E-state index in [4.69, 9.17) is 0 Å². The monoisotopic (exact) mass is 453 g/mol. The fraction of sp³-hybridized carbons (Fsp3) is 0.250. The SMILES string of the molecule is O=C(Nc1ccc(C2CCCCC2)cc1)c1cccnc1SCc1ccnc2ccccc12. The van der Waals surface area contributed by atoms with E-state index in [0.717, 1.165) is 27.4 Å². The Hall–Kier alpha value is -3.18. The van der Waals surface area contributed by atoms with Crippen molar-refractivity contribution < 1.29 is 4.79 Å². The Balaban J connectivity index is 1.28. The number of benzene rings is 2. The number of carbonyl (C=O) groups excluding carboxylic acids is 1. The van der Waals surface area contributed by atoms with E-state index in [9.17, 15) is 4.79 Å². The normalized spacial score (nSPS) is 14.3. The molecule has 1 fully saturated rings. The fourth-order valence-corrected chi connectivity index (χ4v) is 5.57. The van der Waals surface area contributed by atoms with E-state index in [-0.39, 0.29) is 5.91 Å². The summed E-state index contributed by atoms with van der Waals surface area (Å²) in [6, 6.07) is 22.2. The summed E-state index contributed by atoms with van der Waals surface area (Å²) in [5, 5.41) is 4.92. The molecule has 0 aliphatic heterocycles. The number of pyridine rings is 2. The lowest BCUT2D eigenvalue weighted by molar-refractivity contribution is 0.102. The molecule has 1 aliphatic carbocycles. The van der Waals surface area contributed by atoms with Gasteiger partial charge in [0.25, 0.3) is 5.91 Å². The van der Waals surface area contributed by atoms with Gasteiger partial charge in [-0.15, -0.1) is 11.8 Å². The van der Waals surface area contributed by atoms with E-state index in [1.807, 2.05) is 54.7 Å². The number of nitrogens with one attached hydrogen (secondary N) is 1. The highest BCUT2D eigenvalue weighted by molar-refractivity contribution is 7.98. The summed E-state index contributed by atoms with van der Waals surface area (Å²) < 4.78 is 0. The number of para-hydroxylation sites is 1. The third kappa shape index (κ3) is 5.09. The fourth-order valence-electron chi connectivity index (χ4n) is 4.58. The Morgan fingerprint density at radius 1 is 0.879 bits per heavy atom. The molecule has 166 valence electrons. The zero-order chi connectivity index (χ0) is 22.5. The Bertz CT molecular complexity index is 1240. The van der Waals surface area contributed by atoms with Gasteiger partial charge in [-0.25, -0.2) is 4.98 Å². The maximum Gasteiger partial charge on any atom is 0.258 e. The number of hydrogen-bond acceptors (Lipinski definition) is 4. The second kappa shape index (κ2) is 10.2. The molecule has 2 aromatic heterocycles. The summed E-state index contributed by atoms with van der Waals surface area (Å²) in [5.41, 5.74) is 4.96. The van der Waals surface area contributed by atoms with E-state index in [1.54, 1.807) is 18.0 Å². The van der Waals surface area contributed by atoms with Gasteiger partial charge in [-0.1, -0.05) is 49.6 Å². The molecule has 5 rings (SSSR count). The van der Waals surface area contributed by atoms with Gasteiger partial charge in [0.2, 0.25) is 0 Å². The number of rotatable bonds is 6. The van der Waals surface area contributed by atoms with Crippen LogP contribution in [0, 0.1) is 0 Å². The number of amides is 1. The van der Waals surface area contributed by atoms with E-state index in [2.05, 4.69) is 33.5 Å². The lowest BCUT2D eigenvalue weighted by Gasteiger charge is -2.22. The molecule has 0 radical (unpaired) electrons. The third-order valence-corrected chi connectivity index (χ3v) is 7.42. The van der Waals surface area contributed by atoms with Gasteiger partial charge in [0.05, 0.1) is 11.1 Å². The maximum absolute atomic E-state index is 13.1. The van der Waals surface area contributed by atoms with Gasteiger partial charge in [0.15, 0.2) is 0 Å². The van der Waals surface area contributed by atoms with Crippen LogP contribution in [0.25, 0.3) is 10.9 Å². The van der Waals surface area contributed by atoms with Crippen LogP contribution in [0.3, 0.4) is 0 Å². The van der Waals surface area contributed by atoms with Gasteiger partial charge < -0.3 is 5.32 Å². The van der Waals surface area contributed by atoms with E-state index < -0.39 is 0 Å². The van der Waals surface area contributed by atoms with Crippen molar-refractivity contribution >= 4 is 34.3 Å². The first kappa shape index (κ1) is 21.7. The topological polar surface area (TPSA) is 54.9 Å². The van der Waals surface area contributed by atoms with Crippen molar-refractivity contribution in [3.8, 4) is 0 Å². The molecule has 0 bridgehead atoms. The molecule has 1 N–H and O–H groups in total. The highest BCUT2D eigenvalue weighted by Gasteiger charge is 2.17. The van der Waals surface area contributed by atoms with E-state index in [1.165, 1.54) is 43.2 Å². The molecule has 0 saturated heterocycles. The lowest BCUT2D eigenvalue weighted by atomic mass is 9.84. The highest BCUT2D eigenvalue weighted by atomic mass is 32.2. The first-order valence-corrected chi connectivity index (χ1v) is 12.6. The molecule has 1 aliphatic rings. The average Bonchev–Trinajstić information content (AvgIpc) is 2.88. The summed E-state index contributed by atoms with van der Waals surface area (Å²) in [4.78, 5) is 22.0. The predicted molar refractivity (Wildman–Crippen MR) is 136 cm³/mol. The van der Waals surface area contributed by atoms with Gasteiger partial charge in [0, 0.05) is 29.2 Å². The second-order valence-corrected chi connectivity index (χ2v) is 9.51. The number of anilines is 1. The van der Waals surface area contributed by atoms with Crippen LogP contribution in [0.1, 0.15) is 59.5 Å². The van der Waals surface area contributed by atoms with Gasteiger partial charge in [0.1, 0.15) is 5.03 Å². The molecule has 4 nitrogen and oxygen atoms in total. The molecule has 1 amide bonds. The van der Waals surface area contributed by atoms with Crippen molar-refractivity contribution in [3.63, 3.8) is 0 Å². The van der Waals surface area contributed by atoms with E-state index >= 15 is 0 Å². The van der Waals surface area contributed by atoms with Crippen molar-refractivity contribution in [1.29, 1.82) is 0 Å². The van der Waals surface area contributed by atoms with Crippen molar-refractivity contribution in [3.05, 3.63) is 95.8 Å². The molecule has 0 spiro atoms. The highest BCUT2D eigenvalue weighted by Crippen LogP contribution is 2.33. The molecule has 0 atom stereocenters. The predicted octanol–water partition coefficient (Wildman–Crippen LogP) is 7.22. The van der Waals surface area contributed by atoms with E-state index in [0.29, 0.717) is 11.5 Å². The molecule has 4 aromatic rings. The number of nitrogens with zero attached hydrogens (tertiary/aromatic N) is 2. The molecule has 5 heteroatoms.